The largest absolute Gasteiger partial charge is 0.298 e. The van der Waals surface area contributed by atoms with E-state index < -0.39 is 0 Å². The van der Waals surface area contributed by atoms with Crippen LogP contribution in [0, 0.1) is 5.82 Å². The highest BCUT2D eigenvalue weighted by Gasteiger charge is 2.00. The Morgan fingerprint density at radius 2 is 2.13 bits per heavy atom. The average molecular weight is 226 g/mol. The lowest BCUT2D eigenvalue weighted by Crippen LogP contribution is -1.86. The van der Waals surface area contributed by atoms with Gasteiger partial charge in [-0.25, -0.2) is 4.39 Å². The summed E-state index contributed by atoms with van der Waals surface area (Å²) >= 11 is 1.61. The monoisotopic (exact) mass is 226 g/mol. The summed E-state index contributed by atoms with van der Waals surface area (Å²) in [6, 6.07) is 4.46. The van der Waals surface area contributed by atoms with E-state index in [2.05, 4.69) is 6.92 Å². The summed E-state index contributed by atoms with van der Waals surface area (Å²) < 4.78 is 13.0. The molecular weight excluding hydrogens is 211 g/mol. The van der Waals surface area contributed by atoms with Gasteiger partial charge in [0, 0.05) is 10.5 Å². The molecule has 3 heteroatoms. The molecule has 0 atom stereocenters. The second-order valence-electron chi connectivity index (χ2n) is 3.39. The van der Waals surface area contributed by atoms with Crippen molar-refractivity contribution >= 4 is 18.0 Å². The second kappa shape index (κ2) is 6.62. The molecule has 0 fully saturated rings. The van der Waals surface area contributed by atoms with Crippen molar-refractivity contribution in [1.29, 1.82) is 0 Å². The van der Waals surface area contributed by atoms with Gasteiger partial charge in [-0.15, -0.1) is 11.8 Å². The van der Waals surface area contributed by atoms with E-state index >= 15 is 0 Å². The Labute approximate surface area is 94.1 Å². The molecule has 82 valence electrons. The van der Waals surface area contributed by atoms with Crippen molar-refractivity contribution in [2.24, 2.45) is 0 Å². The zero-order valence-electron chi connectivity index (χ0n) is 8.83. The zero-order valence-corrected chi connectivity index (χ0v) is 9.65. The maximum Gasteiger partial charge on any atom is 0.150 e. The number of carbonyl (C=O) groups excluding carboxylic acids is 1. The van der Waals surface area contributed by atoms with Gasteiger partial charge in [-0.2, -0.15) is 0 Å². The van der Waals surface area contributed by atoms with Crippen molar-refractivity contribution in [3.8, 4) is 0 Å². The van der Waals surface area contributed by atoms with E-state index in [4.69, 9.17) is 0 Å². The van der Waals surface area contributed by atoms with Crippen molar-refractivity contribution < 1.29 is 9.18 Å². The molecule has 0 spiro atoms. The molecule has 0 aliphatic rings. The molecule has 1 aromatic carbocycles. The lowest BCUT2D eigenvalue weighted by molar-refractivity contribution is 0.112. The third-order valence-electron chi connectivity index (χ3n) is 2.05. The van der Waals surface area contributed by atoms with E-state index in [1.54, 1.807) is 17.8 Å². The minimum atomic E-state index is -0.336. The van der Waals surface area contributed by atoms with Gasteiger partial charge >= 0.3 is 0 Å². The average Bonchev–Trinajstić information content (AvgIpc) is 2.23. The molecule has 1 rings (SSSR count). The number of hydrogen-bond donors (Lipinski definition) is 0. The van der Waals surface area contributed by atoms with E-state index in [0.29, 0.717) is 11.8 Å². The molecule has 1 nitrogen and oxygen atoms in total. The summed E-state index contributed by atoms with van der Waals surface area (Å²) in [6.45, 7) is 2.15. The minimum absolute atomic E-state index is 0.336. The molecule has 0 heterocycles. The zero-order chi connectivity index (χ0) is 11.1. The summed E-state index contributed by atoms with van der Waals surface area (Å²) in [6.07, 6.45) is 4.19. The van der Waals surface area contributed by atoms with Gasteiger partial charge in [0.25, 0.3) is 0 Å². The summed E-state index contributed by atoms with van der Waals surface area (Å²) in [5, 5.41) is 0. The van der Waals surface area contributed by atoms with Crippen LogP contribution >= 0.6 is 11.8 Å². The number of carbonyl (C=O) groups is 1. The van der Waals surface area contributed by atoms with Crippen LogP contribution in [0.1, 0.15) is 36.5 Å². The van der Waals surface area contributed by atoms with E-state index in [9.17, 15) is 9.18 Å². The Morgan fingerprint density at radius 3 is 2.80 bits per heavy atom. The molecular formula is C12H15FOS. The van der Waals surface area contributed by atoms with Crippen molar-refractivity contribution in [3.05, 3.63) is 29.6 Å². The Balaban J connectivity index is 2.53. The molecule has 0 aliphatic heterocycles. The van der Waals surface area contributed by atoms with Crippen molar-refractivity contribution in [2.45, 2.75) is 31.1 Å². The Kier molecular flexibility index (Phi) is 5.40. The predicted molar refractivity (Wildman–Crippen MR) is 62.0 cm³/mol. The Morgan fingerprint density at radius 1 is 1.33 bits per heavy atom. The third kappa shape index (κ3) is 4.47. The van der Waals surface area contributed by atoms with Crippen molar-refractivity contribution in [2.75, 3.05) is 5.75 Å². The van der Waals surface area contributed by atoms with E-state index in [1.807, 2.05) is 0 Å². The van der Waals surface area contributed by atoms with Gasteiger partial charge in [-0.05, 0) is 30.4 Å². The fourth-order valence-corrected chi connectivity index (χ4v) is 2.28. The molecule has 0 aliphatic carbocycles. The van der Waals surface area contributed by atoms with Crippen LogP contribution in [0.2, 0.25) is 0 Å². The fourth-order valence-electron chi connectivity index (χ4n) is 1.28. The molecule has 0 unspecified atom stereocenters. The number of thioether (sulfide) groups is 1. The van der Waals surface area contributed by atoms with Gasteiger partial charge in [0.05, 0.1) is 0 Å². The fraction of sp³-hybridized carbons (Fsp3) is 0.417. The summed E-state index contributed by atoms with van der Waals surface area (Å²) in [7, 11) is 0. The van der Waals surface area contributed by atoms with Gasteiger partial charge in [-0.3, -0.25) is 4.79 Å². The highest BCUT2D eigenvalue weighted by Crippen LogP contribution is 2.21. The van der Waals surface area contributed by atoms with Gasteiger partial charge in [-0.1, -0.05) is 19.8 Å². The number of halogens is 1. The van der Waals surface area contributed by atoms with E-state index in [1.165, 1.54) is 25.0 Å². The highest BCUT2D eigenvalue weighted by molar-refractivity contribution is 7.99. The molecule has 0 amide bonds. The number of benzene rings is 1. The standard InChI is InChI=1S/C12H15FOS/c1-2-3-4-5-15-12-7-10(9-14)6-11(13)8-12/h6-9H,2-5H2,1H3. The second-order valence-corrected chi connectivity index (χ2v) is 4.56. The lowest BCUT2D eigenvalue weighted by Gasteiger charge is -2.02. The molecule has 0 aromatic heterocycles. The third-order valence-corrected chi connectivity index (χ3v) is 3.11. The van der Waals surface area contributed by atoms with Crippen molar-refractivity contribution in [1.82, 2.24) is 0 Å². The first-order valence-corrected chi connectivity index (χ1v) is 6.13. The number of rotatable bonds is 6. The van der Waals surface area contributed by atoms with Gasteiger partial charge < -0.3 is 0 Å². The van der Waals surface area contributed by atoms with Crippen LogP contribution in [0.25, 0.3) is 0 Å². The highest BCUT2D eigenvalue weighted by atomic mass is 32.2. The maximum absolute atomic E-state index is 13.0. The molecule has 1 aromatic rings. The quantitative estimate of drug-likeness (QED) is 0.415. The Hall–Kier alpha value is -0.830. The van der Waals surface area contributed by atoms with Crippen LogP contribution in [0.3, 0.4) is 0 Å². The first-order chi connectivity index (χ1) is 7.26. The number of hydrogen-bond acceptors (Lipinski definition) is 2. The van der Waals surface area contributed by atoms with E-state index in [0.717, 1.165) is 17.1 Å². The Bertz CT molecular complexity index is 325. The normalized spacial score (nSPS) is 10.3. The van der Waals surface area contributed by atoms with E-state index in [-0.39, 0.29) is 5.82 Å². The van der Waals surface area contributed by atoms with Crippen LogP contribution in [-0.2, 0) is 0 Å². The summed E-state index contributed by atoms with van der Waals surface area (Å²) in [5.74, 6) is 0.646. The van der Waals surface area contributed by atoms with Gasteiger partial charge in [0.15, 0.2) is 0 Å². The van der Waals surface area contributed by atoms with Crippen LogP contribution in [0.5, 0.6) is 0 Å². The first-order valence-electron chi connectivity index (χ1n) is 5.15. The maximum atomic E-state index is 13.0. The smallest absolute Gasteiger partial charge is 0.150 e. The number of unbranched alkanes of at least 4 members (excludes halogenated alkanes) is 2. The SMILES string of the molecule is CCCCCSc1cc(F)cc(C=O)c1. The lowest BCUT2D eigenvalue weighted by atomic mass is 10.2. The molecule has 0 saturated heterocycles. The molecule has 0 N–H and O–H groups in total. The predicted octanol–water partition coefficient (Wildman–Crippen LogP) is 3.92. The van der Waals surface area contributed by atoms with Crippen LogP contribution < -0.4 is 0 Å². The van der Waals surface area contributed by atoms with Crippen LogP contribution in [-0.4, -0.2) is 12.0 Å². The van der Waals surface area contributed by atoms with Crippen LogP contribution in [0.4, 0.5) is 4.39 Å². The molecule has 0 bridgehead atoms. The first kappa shape index (κ1) is 12.2. The number of aldehydes is 1. The topological polar surface area (TPSA) is 17.1 Å². The van der Waals surface area contributed by atoms with Crippen molar-refractivity contribution in [3.63, 3.8) is 0 Å². The summed E-state index contributed by atoms with van der Waals surface area (Å²) in [4.78, 5) is 11.4. The van der Waals surface area contributed by atoms with Gasteiger partial charge in [0.1, 0.15) is 12.1 Å². The molecule has 0 radical (unpaired) electrons. The molecule has 0 saturated carbocycles. The van der Waals surface area contributed by atoms with Gasteiger partial charge in [0.2, 0.25) is 0 Å². The minimum Gasteiger partial charge on any atom is -0.298 e. The molecule has 15 heavy (non-hydrogen) atoms. The van der Waals surface area contributed by atoms with Crippen LogP contribution in [0.15, 0.2) is 23.1 Å². The summed E-state index contributed by atoms with van der Waals surface area (Å²) in [5.41, 5.74) is 0.410.